The molecule has 1 fully saturated rings. The van der Waals surface area contributed by atoms with E-state index in [2.05, 4.69) is 22.6 Å². The van der Waals surface area contributed by atoms with E-state index in [9.17, 15) is 4.79 Å². The van der Waals surface area contributed by atoms with E-state index in [4.69, 9.17) is 9.84 Å². The van der Waals surface area contributed by atoms with Gasteiger partial charge in [-0.05, 0) is 12.0 Å². The quantitative estimate of drug-likeness (QED) is 0.684. The summed E-state index contributed by atoms with van der Waals surface area (Å²) in [6, 6.07) is 9.98. The molecule has 0 radical (unpaired) electrons. The first-order valence-corrected chi connectivity index (χ1v) is 6.47. The molecular formula is C12H13IO3. The highest BCUT2D eigenvalue weighted by Crippen LogP contribution is 2.38. The highest BCUT2D eigenvalue weighted by atomic mass is 127. The Morgan fingerprint density at radius 1 is 1.44 bits per heavy atom. The van der Waals surface area contributed by atoms with Crippen molar-refractivity contribution in [2.75, 3.05) is 0 Å². The molecular weight excluding hydrogens is 319 g/mol. The maximum Gasteiger partial charge on any atom is 0.305 e. The summed E-state index contributed by atoms with van der Waals surface area (Å²) in [6.07, 6.45) is 0.797. The second-order valence-electron chi connectivity index (χ2n) is 3.94. The average Bonchev–Trinajstić information content (AvgIpc) is 2.60. The van der Waals surface area contributed by atoms with Crippen molar-refractivity contribution in [3.63, 3.8) is 0 Å². The molecule has 1 heterocycles. The molecule has 2 rings (SSSR count). The Bertz CT molecular complexity index is 366. The van der Waals surface area contributed by atoms with E-state index in [0.29, 0.717) is 3.92 Å². The molecule has 3 atom stereocenters. The van der Waals surface area contributed by atoms with Crippen LogP contribution in [0.1, 0.15) is 24.5 Å². The third-order valence-corrected chi connectivity index (χ3v) is 3.85. The smallest absolute Gasteiger partial charge is 0.305 e. The van der Waals surface area contributed by atoms with Crippen LogP contribution >= 0.6 is 22.6 Å². The average molecular weight is 332 g/mol. The fourth-order valence-electron chi connectivity index (χ4n) is 1.98. The van der Waals surface area contributed by atoms with E-state index >= 15 is 0 Å². The molecule has 0 bridgehead atoms. The second kappa shape index (κ2) is 5.14. The Labute approximate surface area is 108 Å². The summed E-state index contributed by atoms with van der Waals surface area (Å²) in [5, 5.41) is 8.73. The van der Waals surface area contributed by atoms with Crippen LogP contribution in [-0.2, 0) is 9.53 Å². The molecule has 86 valence electrons. The minimum absolute atomic E-state index is 0.0335. The molecule has 3 nitrogen and oxygen atoms in total. The van der Waals surface area contributed by atoms with E-state index in [1.54, 1.807) is 0 Å². The zero-order chi connectivity index (χ0) is 11.5. The summed E-state index contributed by atoms with van der Waals surface area (Å²) in [4.78, 5) is 10.6. The van der Waals surface area contributed by atoms with Crippen molar-refractivity contribution in [2.24, 2.45) is 0 Å². The summed E-state index contributed by atoms with van der Waals surface area (Å²) in [5.74, 6) is -0.790. The van der Waals surface area contributed by atoms with Crippen LogP contribution in [0, 0.1) is 0 Å². The fraction of sp³-hybridized carbons (Fsp3) is 0.417. The number of ether oxygens (including phenoxy) is 1. The third kappa shape index (κ3) is 2.74. The van der Waals surface area contributed by atoms with Gasteiger partial charge in [0, 0.05) is 3.92 Å². The summed E-state index contributed by atoms with van der Waals surface area (Å²) in [7, 11) is 0. The maximum atomic E-state index is 10.6. The van der Waals surface area contributed by atoms with Gasteiger partial charge >= 0.3 is 5.97 Å². The number of carboxylic acids is 1. The van der Waals surface area contributed by atoms with E-state index in [0.717, 1.165) is 12.0 Å². The SMILES string of the molecule is O=C(O)C[C@@H]1C[C@@H](I)[C@H](c2ccccc2)O1. The summed E-state index contributed by atoms with van der Waals surface area (Å²) in [5.41, 5.74) is 1.13. The molecule has 1 aromatic rings. The van der Waals surface area contributed by atoms with Gasteiger partial charge in [-0.3, -0.25) is 4.79 Å². The minimum Gasteiger partial charge on any atom is -0.481 e. The van der Waals surface area contributed by atoms with E-state index in [1.807, 2.05) is 30.3 Å². The van der Waals surface area contributed by atoms with Gasteiger partial charge in [-0.2, -0.15) is 0 Å². The van der Waals surface area contributed by atoms with Crippen molar-refractivity contribution >= 4 is 28.6 Å². The van der Waals surface area contributed by atoms with Crippen LogP contribution in [0.25, 0.3) is 0 Å². The van der Waals surface area contributed by atoms with Crippen LogP contribution in [-0.4, -0.2) is 21.1 Å². The van der Waals surface area contributed by atoms with Crippen LogP contribution in [0.5, 0.6) is 0 Å². The van der Waals surface area contributed by atoms with Gasteiger partial charge in [0.2, 0.25) is 0 Å². The Morgan fingerprint density at radius 2 is 2.12 bits per heavy atom. The fourth-order valence-corrected chi connectivity index (χ4v) is 3.13. The first-order valence-electron chi connectivity index (χ1n) is 5.23. The predicted molar refractivity (Wildman–Crippen MR) is 68.7 cm³/mol. The van der Waals surface area contributed by atoms with Gasteiger partial charge in [-0.15, -0.1) is 0 Å². The number of benzene rings is 1. The van der Waals surface area contributed by atoms with Gasteiger partial charge in [-0.1, -0.05) is 52.9 Å². The van der Waals surface area contributed by atoms with Crippen molar-refractivity contribution in [3.05, 3.63) is 35.9 Å². The zero-order valence-corrected chi connectivity index (χ0v) is 10.8. The lowest BCUT2D eigenvalue weighted by Crippen LogP contribution is -2.12. The summed E-state index contributed by atoms with van der Waals surface area (Å²) >= 11 is 2.34. The molecule has 4 heteroatoms. The molecule has 1 saturated heterocycles. The molecule has 1 aliphatic rings. The number of aliphatic carboxylic acids is 1. The number of rotatable bonds is 3. The third-order valence-electron chi connectivity index (χ3n) is 2.69. The molecule has 1 aliphatic heterocycles. The van der Waals surface area contributed by atoms with Crippen LogP contribution in [0.15, 0.2) is 30.3 Å². The molecule has 1 aromatic carbocycles. The number of hydrogen-bond donors (Lipinski definition) is 1. The van der Waals surface area contributed by atoms with Crippen molar-refractivity contribution in [1.29, 1.82) is 0 Å². The normalized spacial score (nSPS) is 29.2. The van der Waals surface area contributed by atoms with Gasteiger partial charge < -0.3 is 9.84 Å². The van der Waals surface area contributed by atoms with Crippen molar-refractivity contribution in [3.8, 4) is 0 Å². The number of carboxylic acid groups (broad SMARTS) is 1. The molecule has 0 aliphatic carbocycles. The summed E-state index contributed by atoms with van der Waals surface area (Å²) in [6.45, 7) is 0. The van der Waals surface area contributed by atoms with Gasteiger partial charge in [0.25, 0.3) is 0 Å². The van der Waals surface area contributed by atoms with E-state index in [1.165, 1.54) is 0 Å². The molecule has 0 aromatic heterocycles. The number of halogens is 1. The largest absolute Gasteiger partial charge is 0.481 e. The monoisotopic (exact) mass is 332 g/mol. The number of alkyl halides is 1. The van der Waals surface area contributed by atoms with Gasteiger partial charge in [-0.25, -0.2) is 0 Å². The topological polar surface area (TPSA) is 46.5 Å². The van der Waals surface area contributed by atoms with Gasteiger partial charge in [0.15, 0.2) is 0 Å². The predicted octanol–water partition coefficient (Wildman–Crippen LogP) is 2.79. The number of carbonyl (C=O) groups is 1. The first kappa shape index (κ1) is 11.9. The Morgan fingerprint density at radius 3 is 2.75 bits per heavy atom. The van der Waals surface area contributed by atoms with Gasteiger partial charge in [0.1, 0.15) is 0 Å². The second-order valence-corrected chi connectivity index (χ2v) is 5.54. The molecule has 1 N–H and O–H groups in total. The van der Waals surface area contributed by atoms with Crippen LogP contribution in [0.2, 0.25) is 0 Å². The molecule has 0 spiro atoms. The van der Waals surface area contributed by atoms with Crippen LogP contribution in [0.3, 0.4) is 0 Å². The lowest BCUT2D eigenvalue weighted by molar-refractivity contribution is -0.140. The molecule has 0 amide bonds. The Hall–Kier alpha value is -0.620. The Balaban J connectivity index is 2.05. The molecule has 0 unspecified atom stereocenters. The van der Waals surface area contributed by atoms with E-state index < -0.39 is 5.97 Å². The van der Waals surface area contributed by atoms with Crippen molar-refractivity contribution in [2.45, 2.75) is 29.0 Å². The van der Waals surface area contributed by atoms with E-state index in [-0.39, 0.29) is 18.6 Å². The highest BCUT2D eigenvalue weighted by Gasteiger charge is 2.35. The van der Waals surface area contributed by atoms with Crippen LogP contribution < -0.4 is 0 Å². The number of hydrogen-bond acceptors (Lipinski definition) is 2. The minimum atomic E-state index is -0.790. The summed E-state index contributed by atoms with van der Waals surface area (Å²) < 4.78 is 6.13. The first-order chi connectivity index (χ1) is 7.66. The standard InChI is InChI=1S/C12H13IO3/c13-10-6-9(7-11(14)15)16-12(10)8-4-2-1-3-5-8/h1-5,9-10,12H,6-7H2,(H,14,15)/t9-,10+,12-/m0/s1. The lowest BCUT2D eigenvalue weighted by Gasteiger charge is -2.14. The maximum absolute atomic E-state index is 10.6. The highest BCUT2D eigenvalue weighted by molar-refractivity contribution is 14.1. The molecule has 16 heavy (non-hydrogen) atoms. The van der Waals surface area contributed by atoms with Crippen molar-refractivity contribution < 1.29 is 14.6 Å². The zero-order valence-electron chi connectivity index (χ0n) is 8.67. The lowest BCUT2D eigenvalue weighted by atomic mass is 10.1. The van der Waals surface area contributed by atoms with Crippen molar-refractivity contribution in [1.82, 2.24) is 0 Å². The molecule has 0 saturated carbocycles. The Kier molecular flexibility index (Phi) is 3.81. The van der Waals surface area contributed by atoms with Crippen LogP contribution in [0.4, 0.5) is 0 Å². The van der Waals surface area contributed by atoms with Gasteiger partial charge in [0.05, 0.1) is 18.6 Å².